The SMILES string of the molecule is O=[N+]([O-])c1ccc(-n2cc(CN3CCOCC3)nn2)cc1. The Morgan fingerprint density at radius 1 is 1.24 bits per heavy atom. The van der Waals surface area contributed by atoms with Gasteiger partial charge in [-0.2, -0.15) is 0 Å². The van der Waals surface area contributed by atoms with Crippen molar-refractivity contribution < 1.29 is 9.66 Å². The number of nitro benzene ring substituents is 1. The van der Waals surface area contributed by atoms with Crippen molar-refractivity contribution >= 4 is 5.69 Å². The Morgan fingerprint density at radius 3 is 2.62 bits per heavy atom. The van der Waals surface area contributed by atoms with Crippen LogP contribution in [0.5, 0.6) is 0 Å². The molecular weight excluding hydrogens is 274 g/mol. The van der Waals surface area contributed by atoms with E-state index in [-0.39, 0.29) is 5.69 Å². The normalized spacial score (nSPS) is 16.0. The summed E-state index contributed by atoms with van der Waals surface area (Å²) in [7, 11) is 0. The van der Waals surface area contributed by atoms with Gasteiger partial charge < -0.3 is 4.74 Å². The number of non-ortho nitro benzene ring substituents is 1. The summed E-state index contributed by atoms with van der Waals surface area (Å²) in [6.45, 7) is 4.01. The van der Waals surface area contributed by atoms with E-state index in [1.165, 1.54) is 12.1 Å². The highest BCUT2D eigenvalue weighted by molar-refractivity contribution is 5.40. The van der Waals surface area contributed by atoms with Crippen LogP contribution in [0.4, 0.5) is 5.69 Å². The number of ether oxygens (including phenoxy) is 1. The Hall–Kier alpha value is -2.32. The first kappa shape index (κ1) is 13.7. The fourth-order valence-electron chi connectivity index (χ4n) is 2.21. The van der Waals surface area contributed by atoms with Crippen molar-refractivity contribution in [3.63, 3.8) is 0 Å². The molecule has 0 radical (unpaired) electrons. The van der Waals surface area contributed by atoms with E-state index in [0.29, 0.717) is 0 Å². The first-order valence-electron chi connectivity index (χ1n) is 6.68. The van der Waals surface area contributed by atoms with Gasteiger partial charge in [0.15, 0.2) is 0 Å². The maximum Gasteiger partial charge on any atom is 0.269 e. The Kier molecular flexibility index (Phi) is 3.89. The number of aromatic nitrogens is 3. The molecule has 1 aliphatic rings. The Balaban J connectivity index is 1.70. The molecule has 0 spiro atoms. The maximum absolute atomic E-state index is 10.6. The molecule has 0 bridgehead atoms. The molecular formula is C13H15N5O3. The first-order valence-corrected chi connectivity index (χ1v) is 6.68. The summed E-state index contributed by atoms with van der Waals surface area (Å²) in [5.74, 6) is 0. The van der Waals surface area contributed by atoms with Gasteiger partial charge >= 0.3 is 0 Å². The fourth-order valence-corrected chi connectivity index (χ4v) is 2.21. The van der Waals surface area contributed by atoms with E-state index in [9.17, 15) is 10.1 Å². The average Bonchev–Trinajstić information content (AvgIpc) is 2.97. The van der Waals surface area contributed by atoms with Gasteiger partial charge in [-0.25, -0.2) is 4.68 Å². The Bertz CT molecular complexity index is 619. The number of nitro groups is 1. The van der Waals surface area contributed by atoms with Gasteiger partial charge in [0.1, 0.15) is 0 Å². The van der Waals surface area contributed by atoms with Crippen LogP contribution in [-0.4, -0.2) is 51.1 Å². The predicted octanol–water partition coefficient (Wildman–Crippen LogP) is 1.01. The summed E-state index contributed by atoms with van der Waals surface area (Å²) < 4.78 is 6.93. The lowest BCUT2D eigenvalue weighted by Gasteiger charge is -2.25. The van der Waals surface area contributed by atoms with Crippen molar-refractivity contribution in [3.8, 4) is 5.69 Å². The second-order valence-corrected chi connectivity index (χ2v) is 4.82. The van der Waals surface area contributed by atoms with E-state index < -0.39 is 4.92 Å². The molecule has 1 saturated heterocycles. The minimum Gasteiger partial charge on any atom is -0.379 e. The number of hydrogen-bond acceptors (Lipinski definition) is 6. The highest BCUT2D eigenvalue weighted by Gasteiger charge is 2.13. The standard InChI is InChI=1S/C13H15N5O3/c19-18(20)13-3-1-12(2-4-13)17-10-11(14-15-17)9-16-5-7-21-8-6-16/h1-4,10H,5-9H2. The summed E-state index contributed by atoms with van der Waals surface area (Å²) in [5, 5.41) is 18.8. The van der Waals surface area contributed by atoms with Crippen LogP contribution in [0.1, 0.15) is 5.69 Å². The minimum atomic E-state index is -0.422. The summed E-state index contributed by atoms with van der Waals surface area (Å²) in [6, 6.07) is 6.23. The molecule has 2 aromatic rings. The molecule has 0 atom stereocenters. The lowest BCUT2D eigenvalue weighted by molar-refractivity contribution is -0.384. The second-order valence-electron chi connectivity index (χ2n) is 4.82. The zero-order valence-electron chi connectivity index (χ0n) is 11.4. The summed E-state index contributed by atoms with van der Waals surface area (Å²) in [4.78, 5) is 12.5. The molecule has 1 aliphatic heterocycles. The monoisotopic (exact) mass is 289 g/mol. The minimum absolute atomic E-state index is 0.0624. The predicted molar refractivity (Wildman–Crippen MR) is 74.1 cm³/mol. The lowest BCUT2D eigenvalue weighted by Crippen LogP contribution is -2.35. The molecule has 3 rings (SSSR count). The van der Waals surface area contributed by atoms with Crippen LogP contribution in [0.15, 0.2) is 30.5 Å². The molecule has 0 N–H and O–H groups in total. The van der Waals surface area contributed by atoms with Crippen molar-refractivity contribution in [3.05, 3.63) is 46.3 Å². The van der Waals surface area contributed by atoms with Crippen molar-refractivity contribution in [1.29, 1.82) is 0 Å². The summed E-state index contributed by atoms with van der Waals surface area (Å²) in [5.41, 5.74) is 1.68. The molecule has 0 amide bonds. The van der Waals surface area contributed by atoms with Crippen LogP contribution in [0, 0.1) is 10.1 Å². The van der Waals surface area contributed by atoms with Gasteiger partial charge in [-0.3, -0.25) is 15.0 Å². The maximum atomic E-state index is 10.6. The van der Waals surface area contributed by atoms with Crippen LogP contribution in [-0.2, 0) is 11.3 Å². The molecule has 0 saturated carbocycles. The van der Waals surface area contributed by atoms with Gasteiger partial charge in [-0.05, 0) is 12.1 Å². The summed E-state index contributed by atoms with van der Waals surface area (Å²) in [6.07, 6.45) is 1.84. The largest absolute Gasteiger partial charge is 0.379 e. The average molecular weight is 289 g/mol. The van der Waals surface area contributed by atoms with E-state index in [1.54, 1.807) is 16.8 Å². The van der Waals surface area contributed by atoms with E-state index >= 15 is 0 Å². The van der Waals surface area contributed by atoms with Crippen LogP contribution < -0.4 is 0 Å². The lowest BCUT2D eigenvalue weighted by atomic mass is 10.3. The number of benzene rings is 1. The van der Waals surface area contributed by atoms with Crippen LogP contribution in [0.3, 0.4) is 0 Å². The third-order valence-corrected chi connectivity index (χ3v) is 3.36. The van der Waals surface area contributed by atoms with Crippen molar-refractivity contribution in [2.24, 2.45) is 0 Å². The molecule has 2 heterocycles. The van der Waals surface area contributed by atoms with Crippen LogP contribution in [0.2, 0.25) is 0 Å². The molecule has 21 heavy (non-hydrogen) atoms. The van der Waals surface area contributed by atoms with Gasteiger partial charge in [-0.1, -0.05) is 5.21 Å². The molecule has 110 valence electrons. The highest BCUT2D eigenvalue weighted by Crippen LogP contribution is 2.15. The van der Waals surface area contributed by atoms with Crippen LogP contribution >= 0.6 is 0 Å². The number of nitrogens with zero attached hydrogens (tertiary/aromatic N) is 5. The topological polar surface area (TPSA) is 86.3 Å². The molecule has 0 unspecified atom stereocenters. The van der Waals surface area contributed by atoms with Crippen molar-refractivity contribution in [2.75, 3.05) is 26.3 Å². The molecule has 8 nitrogen and oxygen atoms in total. The van der Waals surface area contributed by atoms with E-state index in [4.69, 9.17) is 4.74 Å². The Morgan fingerprint density at radius 2 is 1.95 bits per heavy atom. The van der Waals surface area contributed by atoms with E-state index in [1.807, 2.05) is 6.20 Å². The third-order valence-electron chi connectivity index (χ3n) is 3.36. The third kappa shape index (κ3) is 3.23. The van der Waals surface area contributed by atoms with E-state index in [0.717, 1.165) is 44.2 Å². The molecule has 8 heteroatoms. The summed E-state index contributed by atoms with van der Waals surface area (Å²) >= 11 is 0. The smallest absolute Gasteiger partial charge is 0.269 e. The zero-order valence-corrected chi connectivity index (χ0v) is 11.4. The first-order chi connectivity index (χ1) is 10.2. The number of hydrogen-bond donors (Lipinski definition) is 0. The number of morpholine rings is 1. The molecule has 1 aromatic heterocycles. The molecule has 1 fully saturated rings. The highest BCUT2D eigenvalue weighted by atomic mass is 16.6. The van der Waals surface area contributed by atoms with Gasteiger partial charge in [0, 0.05) is 31.8 Å². The number of rotatable bonds is 4. The van der Waals surface area contributed by atoms with Crippen molar-refractivity contribution in [2.45, 2.75) is 6.54 Å². The molecule has 0 aliphatic carbocycles. The van der Waals surface area contributed by atoms with Crippen LogP contribution in [0.25, 0.3) is 5.69 Å². The van der Waals surface area contributed by atoms with Gasteiger partial charge in [-0.15, -0.1) is 5.10 Å². The van der Waals surface area contributed by atoms with Gasteiger partial charge in [0.25, 0.3) is 5.69 Å². The van der Waals surface area contributed by atoms with E-state index in [2.05, 4.69) is 15.2 Å². The quantitative estimate of drug-likeness (QED) is 0.616. The fraction of sp³-hybridized carbons (Fsp3) is 0.385. The second kappa shape index (κ2) is 5.98. The van der Waals surface area contributed by atoms with Crippen molar-refractivity contribution in [1.82, 2.24) is 19.9 Å². The zero-order chi connectivity index (χ0) is 14.7. The Labute approximate surface area is 121 Å². The van der Waals surface area contributed by atoms with Gasteiger partial charge in [0.2, 0.25) is 0 Å². The molecule has 1 aromatic carbocycles. The van der Waals surface area contributed by atoms with Gasteiger partial charge in [0.05, 0.1) is 35.7 Å².